The second-order valence-corrected chi connectivity index (χ2v) is 8.74. The van der Waals surface area contributed by atoms with Crippen molar-refractivity contribution in [3.05, 3.63) is 83.1 Å². The van der Waals surface area contributed by atoms with Crippen LogP contribution >= 0.6 is 34.7 Å². The third-order valence-electron chi connectivity index (χ3n) is 4.49. The highest BCUT2D eigenvalue weighted by atomic mass is 35.5. The molecule has 29 heavy (non-hydrogen) atoms. The average molecular weight is 440 g/mol. The summed E-state index contributed by atoms with van der Waals surface area (Å²) in [5.74, 6) is -0.00566. The Hall–Kier alpha value is -2.41. The molecule has 0 saturated carbocycles. The van der Waals surface area contributed by atoms with E-state index in [1.54, 1.807) is 29.1 Å². The van der Waals surface area contributed by atoms with Gasteiger partial charge in [0, 0.05) is 17.3 Å². The normalized spacial score (nSPS) is 11.0. The first kappa shape index (κ1) is 19.9. The molecule has 0 unspecified atom stereocenters. The molecule has 0 fully saturated rings. The summed E-state index contributed by atoms with van der Waals surface area (Å²) in [5, 5.41) is 1.24. The van der Waals surface area contributed by atoms with Gasteiger partial charge in [0.05, 0.1) is 22.7 Å². The van der Waals surface area contributed by atoms with Crippen LogP contribution in [-0.2, 0) is 17.8 Å². The summed E-state index contributed by atoms with van der Waals surface area (Å²) in [5.41, 5.74) is 2.70. The molecule has 7 heteroatoms. The van der Waals surface area contributed by atoms with E-state index >= 15 is 0 Å². The predicted molar refractivity (Wildman–Crippen MR) is 122 cm³/mol. The van der Waals surface area contributed by atoms with Crippen molar-refractivity contribution < 1.29 is 4.79 Å². The van der Waals surface area contributed by atoms with Gasteiger partial charge >= 0.3 is 0 Å². The van der Waals surface area contributed by atoms with Crippen LogP contribution in [0.25, 0.3) is 10.2 Å². The molecule has 146 valence electrons. The van der Waals surface area contributed by atoms with Gasteiger partial charge in [-0.15, -0.1) is 11.8 Å². The Morgan fingerprint density at radius 3 is 2.52 bits per heavy atom. The fourth-order valence-corrected chi connectivity index (χ4v) is 4.66. The number of aromatic nitrogens is 2. The van der Waals surface area contributed by atoms with Crippen molar-refractivity contribution in [2.45, 2.75) is 17.9 Å². The number of rotatable bonds is 6. The fourth-order valence-electron chi connectivity index (χ4n) is 2.97. The molecule has 1 amide bonds. The number of para-hydroxylation sites is 1. The number of amides is 1. The first-order valence-electron chi connectivity index (χ1n) is 9.01. The molecule has 0 bridgehead atoms. The Morgan fingerprint density at radius 2 is 1.83 bits per heavy atom. The number of hydrogen-bond acceptors (Lipinski definition) is 5. The predicted octanol–water partition coefficient (Wildman–Crippen LogP) is 5.84. The van der Waals surface area contributed by atoms with Crippen LogP contribution in [0.5, 0.6) is 0 Å². The van der Waals surface area contributed by atoms with E-state index in [4.69, 9.17) is 11.6 Å². The van der Waals surface area contributed by atoms with Gasteiger partial charge in [0.15, 0.2) is 5.13 Å². The van der Waals surface area contributed by atoms with E-state index in [0.29, 0.717) is 23.1 Å². The van der Waals surface area contributed by atoms with Crippen molar-refractivity contribution in [2.24, 2.45) is 0 Å². The maximum atomic E-state index is 13.3. The molecule has 0 spiro atoms. The Labute approximate surface area is 182 Å². The summed E-state index contributed by atoms with van der Waals surface area (Å²) in [6.07, 6.45) is 5.81. The molecule has 0 saturated heterocycles. The number of nitrogens with zero attached hydrogens (tertiary/aromatic N) is 3. The van der Waals surface area contributed by atoms with Gasteiger partial charge in [-0.2, -0.15) is 0 Å². The number of carbonyl (C=O) groups excluding carboxylic acids is 1. The van der Waals surface area contributed by atoms with Gasteiger partial charge < -0.3 is 0 Å². The third kappa shape index (κ3) is 4.61. The number of fused-ring (bicyclic) bond motifs is 1. The van der Waals surface area contributed by atoms with Gasteiger partial charge in [-0.3, -0.25) is 14.7 Å². The van der Waals surface area contributed by atoms with E-state index in [-0.39, 0.29) is 5.91 Å². The van der Waals surface area contributed by atoms with Crippen molar-refractivity contribution in [1.82, 2.24) is 9.97 Å². The van der Waals surface area contributed by atoms with E-state index in [1.165, 1.54) is 16.2 Å². The summed E-state index contributed by atoms with van der Waals surface area (Å²) in [6.45, 7) is 0.432. The first-order valence-corrected chi connectivity index (χ1v) is 11.4. The minimum Gasteiger partial charge on any atom is -0.283 e. The summed E-state index contributed by atoms with van der Waals surface area (Å²) in [7, 11) is 0. The number of thioether (sulfide) groups is 1. The lowest BCUT2D eigenvalue weighted by Gasteiger charge is -2.20. The van der Waals surface area contributed by atoms with E-state index in [0.717, 1.165) is 21.3 Å². The van der Waals surface area contributed by atoms with E-state index < -0.39 is 0 Å². The molecule has 4 aromatic rings. The van der Waals surface area contributed by atoms with Gasteiger partial charge in [-0.25, -0.2) is 4.98 Å². The molecule has 0 aliphatic carbocycles. The molecular weight excluding hydrogens is 422 g/mol. The largest absolute Gasteiger partial charge is 0.283 e. The lowest BCUT2D eigenvalue weighted by atomic mass is 10.1. The number of carbonyl (C=O) groups is 1. The van der Waals surface area contributed by atoms with Crippen LogP contribution < -0.4 is 4.90 Å². The number of halogens is 1. The molecule has 0 N–H and O–H groups in total. The van der Waals surface area contributed by atoms with E-state index in [9.17, 15) is 4.79 Å². The lowest BCUT2D eigenvalue weighted by molar-refractivity contribution is -0.118. The van der Waals surface area contributed by atoms with Crippen LogP contribution in [0.3, 0.4) is 0 Å². The van der Waals surface area contributed by atoms with Crippen molar-refractivity contribution in [3.8, 4) is 0 Å². The molecule has 2 aromatic heterocycles. The number of hydrogen-bond donors (Lipinski definition) is 0. The molecule has 4 rings (SSSR count). The van der Waals surface area contributed by atoms with Crippen molar-refractivity contribution in [1.29, 1.82) is 0 Å². The number of benzene rings is 2. The highest BCUT2D eigenvalue weighted by molar-refractivity contribution is 7.98. The molecule has 0 radical (unpaired) electrons. The van der Waals surface area contributed by atoms with Crippen LogP contribution in [0.15, 0.2) is 71.9 Å². The first-order chi connectivity index (χ1) is 14.1. The number of thiazole rings is 1. The van der Waals surface area contributed by atoms with Gasteiger partial charge in [0.2, 0.25) is 5.91 Å². The van der Waals surface area contributed by atoms with Crippen LogP contribution in [0.4, 0.5) is 5.13 Å². The van der Waals surface area contributed by atoms with Crippen LogP contribution in [-0.4, -0.2) is 22.1 Å². The summed E-state index contributed by atoms with van der Waals surface area (Å²) in [6, 6.07) is 17.6. The standard InChI is InChI=1S/C22H18ClN3OS2/c1-28-17-7-5-15(6-8-17)13-20(27)26(14-16-9-11-24-12-10-16)22-25-21-18(23)3-2-4-19(21)29-22/h2-12H,13-14H2,1H3. The van der Waals surface area contributed by atoms with E-state index in [2.05, 4.69) is 9.97 Å². The highest BCUT2D eigenvalue weighted by Crippen LogP contribution is 2.33. The molecule has 0 aliphatic rings. The Bertz CT molecular complexity index is 1130. The van der Waals surface area contributed by atoms with E-state index in [1.807, 2.05) is 60.9 Å². The van der Waals surface area contributed by atoms with Gasteiger partial charge in [0.25, 0.3) is 0 Å². The topological polar surface area (TPSA) is 46.1 Å². The smallest absolute Gasteiger partial charge is 0.233 e. The maximum Gasteiger partial charge on any atom is 0.233 e. The SMILES string of the molecule is CSc1ccc(CC(=O)N(Cc2ccncc2)c2nc3c(Cl)cccc3s2)cc1. The van der Waals surface area contributed by atoms with Crippen LogP contribution in [0.2, 0.25) is 5.02 Å². The Balaban J connectivity index is 1.66. The molecule has 0 aliphatic heterocycles. The Morgan fingerprint density at radius 1 is 1.07 bits per heavy atom. The summed E-state index contributed by atoms with van der Waals surface area (Å²) < 4.78 is 0.962. The zero-order chi connectivity index (χ0) is 20.2. The van der Waals surface area contributed by atoms with Crippen molar-refractivity contribution in [2.75, 3.05) is 11.2 Å². The van der Waals surface area contributed by atoms with Crippen molar-refractivity contribution >= 4 is 56.0 Å². The average Bonchev–Trinajstić information content (AvgIpc) is 3.18. The zero-order valence-electron chi connectivity index (χ0n) is 15.7. The Kier molecular flexibility index (Phi) is 6.13. The summed E-state index contributed by atoms with van der Waals surface area (Å²) in [4.78, 5) is 24.9. The van der Waals surface area contributed by atoms with Gasteiger partial charge in [0.1, 0.15) is 5.52 Å². The lowest BCUT2D eigenvalue weighted by Crippen LogP contribution is -2.31. The molecule has 2 heterocycles. The second kappa shape index (κ2) is 8.95. The fraction of sp³-hybridized carbons (Fsp3) is 0.136. The van der Waals surface area contributed by atoms with Crippen LogP contribution in [0.1, 0.15) is 11.1 Å². The van der Waals surface area contributed by atoms with Crippen molar-refractivity contribution in [3.63, 3.8) is 0 Å². The third-order valence-corrected chi connectivity index (χ3v) is 6.59. The van der Waals surface area contributed by atoms with Crippen LogP contribution in [0, 0.1) is 0 Å². The van der Waals surface area contributed by atoms with Gasteiger partial charge in [-0.05, 0) is 53.8 Å². The number of pyridine rings is 1. The number of anilines is 1. The highest BCUT2D eigenvalue weighted by Gasteiger charge is 2.21. The summed E-state index contributed by atoms with van der Waals surface area (Å²) >= 11 is 9.46. The molecular formula is C22H18ClN3OS2. The molecule has 4 nitrogen and oxygen atoms in total. The second-order valence-electron chi connectivity index (χ2n) is 6.44. The zero-order valence-corrected chi connectivity index (χ0v) is 18.1. The minimum atomic E-state index is -0.00566. The van der Waals surface area contributed by atoms with Gasteiger partial charge in [-0.1, -0.05) is 41.1 Å². The molecule has 2 aromatic carbocycles. The minimum absolute atomic E-state index is 0.00566. The maximum absolute atomic E-state index is 13.3. The molecule has 0 atom stereocenters. The quantitative estimate of drug-likeness (QED) is 0.354. The monoisotopic (exact) mass is 439 g/mol.